The van der Waals surface area contributed by atoms with Gasteiger partial charge in [-0.2, -0.15) is 18.4 Å². The van der Waals surface area contributed by atoms with Gasteiger partial charge in [0, 0.05) is 10.1 Å². The molecule has 1 fully saturated rings. The second-order valence-corrected chi connectivity index (χ2v) is 6.04. The van der Waals surface area contributed by atoms with Gasteiger partial charge in [0.05, 0.1) is 11.1 Å². The maximum atomic E-state index is 12.7. The molecule has 5 heteroatoms. The third-order valence-electron chi connectivity index (χ3n) is 3.28. The lowest BCUT2D eigenvalue weighted by Crippen LogP contribution is -2.09. The Balaban J connectivity index is 2.23. The molecule has 0 heterocycles. The van der Waals surface area contributed by atoms with Crippen LogP contribution in [0.3, 0.4) is 0 Å². The fourth-order valence-corrected chi connectivity index (χ4v) is 3.61. The molecule has 19 heavy (non-hydrogen) atoms. The highest BCUT2D eigenvalue weighted by Crippen LogP contribution is 2.38. The molecule has 0 aromatic heterocycles. The van der Waals surface area contributed by atoms with Crippen LogP contribution in [-0.4, -0.2) is 5.25 Å². The first-order chi connectivity index (χ1) is 9.00. The molecule has 1 aliphatic rings. The van der Waals surface area contributed by atoms with Gasteiger partial charge in [-0.1, -0.05) is 19.3 Å². The van der Waals surface area contributed by atoms with E-state index in [-0.39, 0.29) is 0 Å². The summed E-state index contributed by atoms with van der Waals surface area (Å²) in [6, 6.07) is 5.33. The predicted octanol–water partition coefficient (Wildman–Crippen LogP) is 5.00. The second kappa shape index (κ2) is 5.87. The molecule has 0 radical (unpaired) electrons. The molecule has 0 bridgehead atoms. The number of hydrogen-bond acceptors (Lipinski definition) is 2. The smallest absolute Gasteiger partial charge is 0.192 e. The number of thioether (sulfide) groups is 1. The molecular formula is C14H14F3NS. The summed E-state index contributed by atoms with van der Waals surface area (Å²) < 4.78 is 38.1. The van der Waals surface area contributed by atoms with Gasteiger partial charge >= 0.3 is 6.18 Å². The first-order valence-electron chi connectivity index (χ1n) is 6.28. The zero-order valence-corrected chi connectivity index (χ0v) is 11.2. The van der Waals surface area contributed by atoms with E-state index in [1.165, 1.54) is 24.2 Å². The zero-order valence-electron chi connectivity index (χ0n) is 10.3. The second-order valence-electron chi connectivity index (χ2n) is 4.70. The molecule has 0 aliphatic heterocycles. The van der Waals surface area contributed by atoms with Crippen LogP contribution in [0.2, 0.25) is 0 Å². The van der Waals surface area contributed by atoms with Gasteiger partial charge in [-0.25, -0.2) is 0 Å². The molecule has 1 aromatic carbocycles. The summed E-state index contributed by atoms with van der Waals surface area (Å²) in [6.07, 6.45) is 1.13. The Bertz CT molecular complexity index is 484. The summed E-state index contributed by atoms with van der Waals surface area (Å²) >= 11 is 1.42. The van der Waals surface area contributed by atoms with E-state index in [9.17, 15) is 13.2 Å². The maximum Gasteiger partial charge on any atom is 0.416 e. The van der Waals surface area contributed by atoms with E-state index in [2.05, 4.69) is 0 Å². The van der Waals surface area contributed by atoms with Crippen LogP contribution in [0.5, 0.6) is 0 Å². The summed E-state index contributed by atoms with van der Waals surface area (Å²) in [5.74, 6) is 0. The lowest BCUT2D eigenvalue weighted by Gasteiger charge is -2.21. The number of nitrogens with zero attached hydrogens (tertiary/aromatic N) is 1. The summed E-state index contributed by atoms with van der Waals surface area (Å²) in [7, 11) is 0. The molecular weight excluding hydrogens is 271 g/mol. The summed E-state index contributed by atoms with van der Waals surface area (Å²) in [5, 5.41) is 9.33. The SMILES string of the molecule is N#Cc1ccc(C(F)(F)F)cc1SC1CCCCC1. The largest absolute Gasteiger partial charge is 0.416 e. The van der Waals surface area contributed by atoms with Gasteiger partial charge in [0.25, 0.3) is 0 Å². The molecule has 2 rings (SSSR count). The number of nitriles is 1. The third kappa shape index (κ3) is 3.66. The van der Waals surface area contributed by atoms with Crippen LogP contribution in [0.25, 0.3) is 0 Å². The van der Waals surface area contributed by atoms with Gasteiger partial charge in [-0.15, -0.1) is 11.8 Å². The number of halogens is 3. The number of hydrogen-bond donors (Lipinski definition) is 0. The Morgan fingerprint density at radius 3 is 2.42 bits per heavy atom. The van der Waals surface area contributed by atoms with E-state index in [0.29, 0.717) is 15.7 Å². The highest BCUT2D eigenvalue weighted by molar-refractivity contribution is 8.00. The Hall–Kier alpha value is -1.15. The summed E-state index contributed by atoms with van der Waals surface area (Å²) in [6.45, 7) is 0. The minimum atomic E-state index is -4.35. The van der Waals surface area contributed by atoms with Crippen molar-refractivity contribution in [3.05, 3.63) is 29.3 Å². The van der Waals surface area contributed by atoms with E-state index in [0.717, 1.165) is 37.8 Å². The van der Waals surface area contributed by atoms with E-state index < -0.39 is 11.7 Å². The third-order valence-corrected chi connectivity index (χ3v) is 4.67. The molecule has 102 valence electrons. The molecule has 1 aromatic rings. The van der Waals surface area contributed by atoms with Crippen LogP contribution in [0.4, 0.5) is 13.2 Å². The fraction of sp³-hybridized carbons (Fsp3) is 0.500. The van der Waals surface area contributed by atoms with Crippen LogP contribution in [0.1, 0.15) is 43.2 Å². The van der Waals surface area contributed by atoms with Crippen LogP contribution in [0, 0.1) is 11.3 Å². The first-order valence-corrected chi connectivity index (χ1v) is 7.16. The first kappa shape index (κ1) is 14.3. The van der Waals surface area contributed by atoms with Gasteiger partial charge < -0.3 is 0 Å². The molecule has 1 aliphatic carbocycles. The molecule has 0 amide bonds. The molecule has 0 atom stereocenters. The summed E-state index contributed by atoms with van der Waals surface area (Å²) in [4.78, 5) is 0.462. The highest BCUT2D eigenvalue weighted by Gasteiger charge is 2.31. The zero-order chi connectivity index (χ0) is 13.9. The quantitative estimate of drug-likeness (QED) is 0.763. The van der Waals surface area contributed by atoms with Crippen molar-refractivity contribution in [2.45, 2.75) is 48.4 Å². The average molecular weight is 285 g/mol. The van der Waals surface area contributed by atoms with Gasteiger partial charge in [-0.05, 0) is 31.0 Å². The average Bonchev–Trinajstić information content (AvgIpc) is 2.39. The van der Waals surface area contributed by atoms with Gasteiger partial charge in [0.15, 0.2) is 0 Å². The Labute approximate surface area is 114 Å². The summed E-state index contributed by atoms with van der Waals surface area (Å²) in [5.41, 5.74) is -0.339. The Morgan fingerprint density at radius 2 is 1.84 bits per heavy atom. The number of rotatable bonds is 2. The van der Waals surface area contributed by atoms with Crippen molar-refractivity contribution in [1.29, 1.82) is 5.26 Å². The molecule has 0 saturated heterocycles. The molecule has 0 spiro atoms. The van der Waals surface area contributed by atoms with Crippen molar-refractivity contribution in [3.63, 3.8) is 0 Å². The highest BCUT2D eigenvalue weighted by atomic mass is 32.2. The topological polar surface area (TPSA) is 23.8 Å². The minimum Gasteiger partial charge on any atom is -0.192 e. The molecule has 1 saturated carbocycles. The van der Waals surface area contributed by atoms with Crippen LogP contribution in [0.15, 0.2) is 23.1 Å². The molecule has 1 nitrogen and oxygen atoms in total. The Kier molecular flexibility index (Phi) is 4.41. The lowest BCUT2D eigenvalue weighted by molar-refractivity contribution is -0.137. The van der Waals surface area contributed by atoms with E-state index >= 15 is 0 Å². The molecule has 0 unspecified atom stereocenters. The van der Waals surface area contributed by atoms with Crippen molar-refractivity contribution < 1.29 is 13.2 Å². The van der Waals surface area contributed by atoms with Crippen molar-refractivity contribution >= 4 is 11.8 Å². The Morgan fingerprint density at radius 1 is 1.16 bits per heavy atom. The van der Waals surface area contributed by atoms with Crippen molar-refractivity contribution in [1.82, 2.24) is 0 Å². The van der Waals surface area contributed by atoms with E-state index in [1.54, 1.807) is 0 Å². The standard InChI is InChI=1S/C14H14F3NS/c15-14(16,17)11-7-6-10(9-18)13(8-11)19-12-4-2-1-3-5-12/h6-8,12H,1-5H2. The van der Waals surface area contributed by atoms with Crippen LogP contribution >= 0.6 is 11.8 Å². The fourth-order valence-electron chi connectivity index (χ4n) is 2.25. The van der Waals surface area contributed by atoms with Gasteiger partial charge in [-0.3, -0.25) is 0 Å². The van der Waals surface area contributed by atoms with Crippen molar-refractivity contribution in [3.8, 4) is 6.07 Å². The van der Waals surface area contributed by atoms with E-state index in [1.807, 2.05) is 6.07 Å². The molecule has 0 N–H and O–H groups in total. The normalized spacial score (nSPS) is 17.2. The maximum absolute atomic E-state index is 12.7. The number of alkyl halides is 3. The monoisotopic (exact) mass is 285 g/mol. The number of benzene rings is 1. The van der Waals surface area contributed by atoms with Crippen molar-refractivity contribution in [2.24, 2.45) is 0 Å². The van der Waals surface area contributed by atoms with Crippen LogP contribution < -0.4 is 0 Å². The van der Waals surface area contributed by atoms with Gasteiger partial charge in [0.1, 0.15) is 6.07 Å². The van der Waals surface area contributed by atoms with Crippen molar-refractivity contribution in [2.75, 3.05) is 0 Å². The predicted molar refractivity (Wildman–Crippen MR) is 68.9 cm³/mol. The van der Waals surface area contributed by atoms with E-state index in [4.69, 9.17) is 5.26 Å². The van der Waals surface area contributed by atoms with Crippen LogP contribution in [-0.2, 0) is 6.18 Å². The minimum absolute atomic E-state index is 0.337. The lowest BCUT2D eigenvalue weighted by atomic mass is 10.0. The van der Waals surface area contributed by atoms with Gasteiger partial charge in [0.2, 0.25) is 0 Å².